The van der Waals surface area contributed by atoms with Gasteiger partial charge in [-0.15, -0.1) is 0 Å². The highest BCUT2D eigenvalue weighted by atomic mass is 16.6. The molecule has 0 saturated carbocycles. The van der Waals surface area contributed by atoms with Crippen molar-refractivity contribution in [3.05, 3.63) is 34.9 Å². The molecule has 5 heteroatoms. The predicted octanol–water partition coefficient (Wildman–Crippen LogP) is 2.96. The molecule has 0 aromatic heterocycles. The summed E-state index contributed by atoms with van der Waals surface area (Å²) in [4.78, 5) is 22.3. The zero-order valence-corrected chi connectivity index (χ0v) is 13.3. The Labute approximate surface area is 130 Å². The number of aryl methyl sites for hydroxylation is 1. The summed E-state index contributed by atoms with van der Waals surface area (Å²) in [7, 11) is 0. The molecule has 5 nitrogen and oxygen atoms in total. The number of carboxylic acids is 1. The summed E-state index contributed by atoms with van der Waals surface area (Å²) in [5, 5.41) is 11.6. The van der Waals surface area contributed by atoms with Crippen LogP contribution in [0, 0.1) is 18.8 Å². The van der Waals surface area contributed by atoms with Crippen molar-refractivity contribution in [1.82, 2.24) is 5.32 Å². The van der Waals surface area contributed by atoms with Crippen LogP contribution in [0.3, 0.4) is 0 Å². The molecule has 0 atom stereocenters. The third-order valence-electron chi connectivity index (χ3n) is 2.61. The lowest BCUT2D eigenvalue weighted by Crippen LogP contribution is -2.32. The predicted molar refractivity (Wildman–Crippen MR) is 83.9 cm³/mol. The van der Waals surface area contributed by atoms with Crippen LogP contribution in [-0.2, 0) is 4.74 Å². The fourth-order valence-corrected chi connectivity index (χ4v) is 1.69. The van der Waals surface area contributed by atoms with E-state index in [1.54, 1.807) is 45.9 Å². The average molecular weight is 303 g/mol. The quantitative estimate of drug-likeness (QED) is 0.665. The molecule has 0 spiro atoms. The highest BCUT2D eigenvalue weighted by Crippen LogP contribution is 2.10. The summed E-state index contributed by atoms with van der Waals surface area (Å²) >= 11 is 0. The number of carbonyl (C=O) groups is 2. The minimum Gasteiger partial charge on any atom is -0.478 e. The van der Waals surface area contributed by atoms with Gasteiger partial charge in [-0.2, -0.15) is 0 Å². The van der Waals surface area contributed by atoms with Gasteiger partial charge in [0.2, 0.25) is 0 Å². The lowest BCUT2D eigenvalue weighted by molar-refractivity contribution is 0.0528. The second-order valence-corrected chi connectivity index (χ2v) is 5.82. The van der Waals surface area contributed by atoms with Crippen LogP contribution in [0.25, 0.3) is 0 Å². The van der Waals surface area contributed by atoms with Gasteiger partial charge in [0.05, 0.1) is 5.56 Å². The Morgan fingerprint density at radius 2 is 2.00 bits per heavy atom. The standard InChI is InChI=1S/C17H21NO4/c1-12-11-13(8-9-14(12)15(19)20)7-5-6-10-18-16(21)22-17(2,3)4/h8-9,11H,6,10H2,1-4H3,(H,18,21)(H,19,20). The SMILES string of the molecule is Cc1cc(C#CCCNC(=O)OC(C)(C)C)ccc1C(=O)O. The molecule has 0 aliphatic heterocycles. The molecule has 0 radical (unpaired) electrons. The first-order valence-corrected chi connectivity index (χ1v) is 6.99. The van der Waals surface area contributed by atoms with Crippen LogP contribution in [-0.4, -0.2) is 29.3 Å². The summed E-state index contributed by atoms with van der Waals surface area (Å²) < 4.78 is 5.10. The van der Waals surface area contributed by atoms with E-state index in [0.717, 1.165) is 5.56 Å². The number of hydrogen-bond donors (Lipinski definition) is 2. The third-order valence-corrected chi connectivity index (χ3v) is 2.61. The van der Waals surface area contributed by atoms with Crippen molar-refractivity contribution in [3.8, 4) is 11.8 Å². The first-order valence-electron chi connectivity index (χ1n) is 6.99. The molecule has 0 bridgehead atoms. The summed E-state index contributed by atoms with van der Waals surface area (Å²) in [6, 6.07) is 4.95. The van der Waals surface area contributed by atoms with E-state index in [2.05, 4.69) is 17.2 Å². The van der Waals surface area contributed by atoms with E-state index in [1.807, 2.05) is 0 Å². The number of ether oxygens (including phenoxy) is 1. The van der Waals surface area contributed by atoms with E-state index in [-0.39, 0.29) is 5.56 Å². The summed E-state index contributed by atoms with van der Waals surface area (Å²) in [6.07, 6.45) is 0.0230. The zero-order chi connectivity index (χ0) is 16.8. The first kappa shape index (κ1) is 17.6. The molecule has 1 rings (SSSR count). The van der Waals surface area contributed by atoms with Gasteiger partial charge in [0, 0.05) is 18.5 Å². The molecular formula is C17H21NO4. The highest BCUT2D eigenvalue weighted by molar-refractivity contribution is 5.89. The van der Waals surface area contributed by atoms with Crippen LogP contribution in [0.2, 0.25) is 0 Å². The van der Waals surface area contributed by atoms with Crippen molar-refractivity contribution in [2.24, 2.45) is 0 Å². The van der Waals surface area contributed by atoms with Crippen LogP contribution in [0.15, 0.2) is 18.2 Å². The van der Waals surface area contributed by atoms with Gasteiger partial charge in [-0.05, 0) is 51.5 Å². The Kier molecular flexibility index (Phi) is 6.00. The number of carbonyl (C=O) groups excluding carboxylic acids is 1. The maximum atomic E-state index is 11.4. The van der Waals surface area contributed by atoms with Crippen molar-refractivity contribution >= 4 is 12.1 Å². The van der Waals surface area contributed by atoms with Crippen molar-refractivity contribution in [2.45, 2.75) is 39.7 Å². The van der Waals surface area contributed by atoms with Gasteiger partial charge in [-0.3, -0.25) is 0 Å². The molecule has 22 heavy (non-hydrogen) atoms. The van der Waals surface area contributed by atoms with Gasteiger partial charge in [0.15, 0.2) is 0 Å². The van der Waals surface area contributed by atoms with E-state index < -0.39 is 17.7 Å². The van der Waals surface area contributed by atoms with Crippen molar-refractivity contribution < 1.29 is 19.4 Å². The fraction of sp³-hybridized carbons (Fsp3) is 0.412. The van der Waals surface area contributed by atoms with Gasteiger partial charge < -0.3 is 15.2 Å². The number of alkyl carbamates (subject to hydrolysis) is 1. The maximum Gasteiger partial charge on any atom is 0.407 e. The Balaban J connectivity index is 2.47. The normalized spacial score (nSPS) is 10.4. The Hall–Kier alpha value is -2.48. The molecule has 1 amide bonds. The summed E-state index contributed by atoms with van der Waals surface area (Å²) in [5.41, 5.74) is 1.18. The molecule has 0 aliphatic rings. The minimum absolute atomic E-state index is 0.275. The lowest BCUT2D eigenvalue weighted by atomic mass is 10.1. The van der Waals surface area contributed by atoms with E-state index in [1.165, 1.54) is 0 Å². The smallest absolute Gasteiger partial charge is 0.407 e. The molecule has 118 valence electrons. The average Bonchev–Trinajstić information content (AvgIpc) is 2.35. The number of benzene rings is 1. The molecule has 2 N–H and O–H groups in total. The first-order chi connectivity index (χ1) is 10.2. The largest absolute Gasteiger partial charge is 0.478 e. The van der Waals surface area contributed by atoms with Crippen LogP contribution in [0.4, 0.5) is 4.79 Å². The van der Waals surface area contributed by atoms with Crippen LogP contribution in [0.1, 0.15) is 48.7 Å². The second-order valence-electron chi connectivity index (χ2n) is 5.82. The molecule has 0 aliphatic carbocycles. The highest BCUT2D eigenvalue weighted by Gasteiger charge is 2.15. The maximum absolute atomic E-state index is 11.4. The lowest BCUT2D eigenvalue weighted by Gasteiger charge is -2.19. The number of carboxylic acid groups (broad SMARTS) is 1. The van der Waals surface area contributed by atoms with Crippen molar-refractivity contribution in [2.75, 3.05) is 6.54 Å². The Morgan fingerprint density at radius 3 is 2.55 bits per heavy atom. The summed E-state index contributed by atoms with van der Waals surface area (Å²) in [6.45, 7) is 7.54. The van der Waals surface area contributed by atoms with Crippen LogP contribution >= 0.6 is 0 Å². The Bertz CT molecular complexity index is 618. The van der Waals surface area contributed by atoms with Gasteiger partial charge in [-0.1, -0.05) is 11.8 Å². The van der Waals surface area contributed by atoms with E-state index in [0.29, 0.717) is 18.5 Å². The third kappa shape index (κ3) is 6.31. The number of aromatic carboxylic acids is 1. The number of rotatable bonds is 3. The van der Waals surface area contributed by atoms with E-state index >= 15 is 0 Å². The van der Waals surface area contributed by atoms with Gasteiger partial charge in [-0.25, -0.2) is 9.59 Å². The molecule has 0 fully saturated rings. The molecular weight excluding hydrogens is 282 g/mol. The molecule has 0 unspecified atom stereocenters. The number of hydrogen-bond acceptors (Lipinski definition) is 3. The van der Waals surface area contributed by atoms with Crippen LogP contribution in [0.5, 0.6) is 0 Å². The molecule has 0 heterocycles. The van der Waals surface area contributed by atoms with Crippen molar-refractivity contribution in [1.29, 1.82) is 0 Å². The monoisotopic (exact) mass is 303 g/mol. The second kappa shape index (κ2) is 7.51. The van der Waals surface area contributed by atoms with Crippen LogP contribution < -0.4 is 5.32 Å². The fourth-order valence-electron chi connectivity index (χ4n) is 1.69. The topological polar surface area (TPSA) is 75.6 Å². The zero-order valence-electron chi connectivity index (χ0n) is 13.3. The minimum atomic E-state index is -0.946. The van der Waals surface area contributed by atoms with Gasteiger partial charge in [0.25, 0.3) is 0 Å². The van der Waals surface area contributed by atoms with Gasteiger partial charge in [0.1, 0.15) is 5.60 Å². The number of amides is 1. The molecule has 1 aromatic rings. The summed E-state index contributed by atoms with van der Waals surface area (Å²) in [5.74, 6) is 4.92. The number of nitrogens with one attached hydrogen (secondary N) is 1. The molecule has 1 aromatic carbocycles. The Morgan fingerprint density at radius 1 is 1.32 bits per heavy atom. The van der Waals surface area contributed by atoms with E-state index in [9.17, 15) is 9.59 Å². The van der Waals surface area contributed by atoms with Crippen molar-refractivity contribution in [3.63, 3.8) is 0 Å². The molecule has 0 saturated heterocycles. The van der Waals surface area contributed by atoms with E-state index in [4.69, 9.17) is 9.84 Å². The van der Waals surface area contributed by atoms with Gasteiger partial charge >= 0.3 is 12.1 Å².